The number of amides is 1. The number of hydrogen-bond acceptors (Lipinski definition) is 3. The number of thioether (sulfide) groups is 1. The van der Waals surface area contributed by atoms with Crippen molar-refractivity contribution in [2.45, 2.75) is 12.8 Å². The van der Waals surface area contributed by atoms with Crippen LogP contribution in [0.4, 0.5) is 0 Å². The van der Waals surface area contributed by atoms with Crippen LogP contribution in [0.5, 0.6) is 0 Å². The molecule has 2 N–H and O–H groups in total. The van der Waals surface area contributed by atoms with E-state index in [2.05, 4.69) is 17.2 Å². The Morgan fingerprint density at radius 2 is 2.00 bits per heavy atom. The van der Waals surface area contributed by atoms with Crippen molar-refractivity contribution in [3.8, 4) is 11.8 Å². The molecule has 20 heavy (non-hydrogen) atoms. The minimum Gasteiger partial charge on any atom is -0.384 e. The van der Waals surface area contributed by atoms with Crippen LogP contribution in [-0.4, -0.2) is 35.7 Å². The van der Waals surface area contributed by atoms with Gasteiger partial charge in [-0.05, 0) is 54.5 Å². The molecular formula is C16H19NO2S. The lowest BCUT2D eigenvalue weighted by Crippen LogP contribution is -2.30. The van der Waals surface area contributed by atoms with Crippen LogP contribution in [0.15, 0.2) is 24.3 Å². The molecule has 1 fully saturated rings. The number of aliphatic hydroxyl groups excluding tert-OH is 1. The average molecular weight is 289 g/mol. The standard InChI is InChI=1S/C16H19NO2S/c18-9-1-2-13-3-5-15(6-4-13)16(19)17-12-14-7-10-20-11-8-14/h3-6,14,18H,7-12H2,(H,17,19). The SMILES string of the molecule is O=C(NCC1CCSCC1)c1ccc(C#CCO)cc1. The summed E-state index contributed by atoms with van der Waals surface area (Å²) >= 11 is 1.99. The molecule has 1 aromatic rings. The van der Waals surface area contributed by atoms with Crippen LogP contribution in [0.2, 0.25) is 0 Å². The van der Waals surface area contributed by atoms with E-state index in [0.29, 0.717) is 11.5 Å². The quantitative estimate of drug-likeness (QED) is 0.836. The first-order valence-corrected chi connectivity index (χ1v) is 8.01. The zero-order valence-corrected chi connectivity index (χ0v) is 12.2. The van der Waals surface area contributed by atoms with Gasteiger partial charge in [-0.3, -0.25) is 4.79 Å². The van der Waals surface area contributed by atoms with Crippen LogP contribution < -0.4 is 5.32 Å². The third kappa shape index (κ3) is 4.59. The fourth-order valence-corrected chi connectivity index (χ4v) is 3.34. The van der Waals surface area contributed by atoms with E-state index in [-0.39, 0.29) is 12.5 Å². The zero-order chi connectivity index (χ0) is 14.2. The Labute approximate surface area is 124 Å². The van der Waals surface area contributed by atoms with Gasteiger partial charge < -0.3 is 10.4 Å². The Bertz CT molecular complexity index is 495. The van der Waals surface area contributed by atoms with E-state index in [1.165, 1.54) is 24.3 Å². The summed E-state index contributed by atoms with van der Waals surface area (Å²) in [5.74, 6) is 8.41. The van der Waals surface area contributed by atoms with Crippen molar-refractivity contribution < 1.29 is 9.90 Å². The number of nitrogens with one attached hydrogen (secondary N) is 1. The van der Waals surface area contributed by atoms with Gasteiger partial charge in [0, 0.05) is 17.7 Å². The molecule has 0 bridgehead atoms. The lowest BCUT2D eigenvalue weighted by atomic mass is 10.0. The van der Waals surface area contributed by atoms with Crippen LogP contribution in [0, 0.1) is 17.8 Å². The third-order valence-corrected chi connectivity index (χ3v) is 4.40. The van der Waals surface area contributed by atoms with Crippen molar-refractivity contribution in [1.82, 2.24) is 5.32 Å². The lowest BCUT2D eigenvalue weighted by molar-refractivity contribution is 0.0946. The summed E-state index contributed by atoms with van der Waals surface area (Å²) in [4.78, 5) is 12.0. The highest BCUT2D eigenvalue weighted by Crippen LogP contribution is 2.21. The largest absolute Gasteiger partial charge is 0.384 e. The fourth-order valence-electron chi connectivity index (χ4n) is 2.14. The Morgan fingerprint density at radius 1 is 1.30 bits per heavy atom. The molecule has 3 nitrogen and oxygen atoms in total. The van der Waals surface area contributed by atoms with Gasteiger partial charge in [-0.1, -0.05) is 11.8 Å². The number of carbonyl (C=O) groups is 1. The van der Waals surface area contributed by atoms with Crippen LogP contribution in [0.25, 0.3) is 0 Å². The number of rotatable bonds is 3. The van der Waals surface area contributed by atoms with Gasteiger partial charge in [0.25, 0.3) is 5.91 Å². The van der Waals surface area contributed by atoms with Crippen molar-refractivity contribution in [1.29, 1.82) is 0 Å². The van der Waals surface area contributed by atoms with Gasteiger partial charge in [-0.2, -0.15) is 11.8 Å². The summed E-state index contributed by atoms with van der Waals surface area (Å²) < 4.78 is 0. The van der Waals surface area contributed by atoms with Crippen LogP contribution in [0.1, 0.15) is 28.8 Å². The molecule has 1 aliphatic rings. The van der Waals surface area contributed by atoms with E-state index < -0.39 is 0 Å². The minimum atomic E-state index is -0.151. The van der Waals surface area contributed by atoms with Crippen LogP contribution in [-0.2, 0) is 0 Å². The second-order valence-corrected chi connectivity index (χ2v) is 6.03. The molecule has 0 saturated carbocycles. The molecule has 1 aliphatic heterocycles. The number of benzene rings is 1. The van der Waals surface area contributed by atoms with Gasteiger partial charge in [0.2, 0.25) is 0 Å². The molecule has 106 valence electrons. The first kappa shape index (κ1) is 15.0. The molecule has 2 rings (SSSR count). The average Bonchev–Trinajstić information content (AvgIpc) is 2.52. The smallest absolute Gasteiger partial charge is 0.251 e. The van der Waals surface area contributed by atoms with E-state index >= 15 is 0 Å². The normalized spacial score (nSPS) is 15.2. The molecule has 1 amide bonds. The summed E-state index contributed by atoms with van der Waals surface area (Å²) in [6, 6.07) is 7.14. The van der Waals surface area contributed by atoms with Crippen molar-refractivity contribution in [3.63, 3.8) is 0 Å². The second kappa shape index (κ2) is 7.98. The van der Waals surface area contributed by atoms with E-state index in [9.17, 15) is 4.79 Å². The lowest BCUT2D eigenvalue weighted by Gasteiger charge is -2.21. The van der Waals surface area contributed by atoms with Gasteiger partial charge in [0.1, 0.15) is 6.61 Å². The molecule has 4 heteroatoms. The summed E-state index contributed by atoms with van der Waals surface area (Å²) in [5.41, 5.74) is 1.46. The molecule has 0 aromatic heterocycles. The van der Waals surface area contributed by atoms with Crippen LogP contribution in [0.3, 0.4) is 0 Å². The number of hydrogen-bond donors (Lipinski definition) is 2. The highest BCUT2D eigenvalue weighted by atomic mass is 32.2. The van der Waals surface area contributed by atoms with E-state index in [1.54, 1.807) is 24.3 Å². The molecule has 0 unspecified atom stereocenters. The molecule has 1 saturated heterocycles. The van der Waals surface area contributed by atoms with Crippen molar-refractivity contribution in [2.24, 2.45) is 5.92 Å². The van der Waals surface area contributed by atoms with E-state index in [1.807, 2.05) is 11.8 Å². The summed E-state index contributed by atoms with van der Waals surface area (Å²) in [7, 11) is 0. The maximum Gasteiger partial charge on any atom is 0.251 e. The molecular weight excluding hydrogens is 270 g/mol. The van der Waals surface area contributed by atoms with Gasteiger partial charge in [-0.25, -0.2) is 0 Å². The third-order valence-electron chi connectivity index (χ3n) is 3.35. The minimum absolute atomic E-state index is 0.0232. The maximum absolute atomic E-state index is 12.0. The maximum atomic E-state index is 12.0. The summed E-state index contributed by atoms with van der Waals surface area (Å²) in [6.07, 6.45) is 2.39. The molecule has 0 atom stereocenters. The fraction of sp³-hybridized carbons (Fsp3) is 0.438. The highest BCUT2D eigenvalue weighted by Gasteiger charge is 2.14. The van der Waals surface area contributed by atoms with Gasteiger partial charge in [-0.15, -0.1) is 0 Å². The molecule has 0 radical (unpaired) electrons. The first-order chi connectivity index (χ1) is 9.79. The van der Waals surface area contributed by atoms with Crippen LogP contribution >= 0.6 is 11.8 Å². The van der Waals surface area contributed by atoms with E-state index in [4.69, 9.17) is 5.11 Å². The van der Waals surface area contributed by atoms with Crippen molar-refractivity contribution >= 4 is 17.7 Å². The zero-order valence-electron chi connectivity index (χ0n) is 11.4. The number of aliphatic hydroxyl groups is 1. The van der Waals surface area contributed by atoms with Gasteiger partial charge in [0.15, 0.2) is 0 Å². The Kier molecular flexibility index (Phi) is 5.97. The topological polar surface area (TPSA) is 49.3 Å². The predicted octanol–water partition coefficient (Wildman–Crippen LogP) is 1.90. The first-order valence-electron chi connectivity index (χ1n) is 6.85. The Hall–Kier alpha value is -1.44. The van der Waals surface area contributed by atoms with Gasteiger partial charge >= 0.3 is 0 Å². The van der Waals surface area contributed by atoms with E-state index in [0.717, 1.165) is 12.1 Å². The highest BCUT2D eigenvalue weighted by molar-refractivity contribution is 7.99. The number of carbonyl (C=O) groups excluding carboxylic acids is 1. The molecule has 1 heterocycles. The van der Waals surface area contributed by atoms with Gasteiger partial charge in [0.05, 0.1) is 0 Å². The second-order valence-electron chi connectivity index (χ2n) is 4.80. The molecule has 0 spiro atoms. The monoisotopic (exact) mass is 289 g/mol. The summed E-state index contributed by atoms with van der Waals surface area (Å²) in [6.45, 7) is 0.618. The molecule has 1 aromatic carbocycles. The molecule has 0 aliphatic carbocycles. The Morgan fingerprint density at radius 3 is 2.65 bits per heavy atom. The van der Waals surface area contributed by atoms with Crippen molar-refractivity contribution in [2.75, 3.05) is 24.7 Å². The summed E-state index contributed by atoms with van der Waals surface area (Å²) in [5, 5.41) is 11.6. The van der Waals surface area contributed by atoms with Crippen molar-refractivity contribution in [3.05, 3.63) is 35.4 Å². The predicted molar refractivity (Wildman–Crippen MR) is 82.8 cm³/mol. The Balaban J connectivity index is 1.85.